The molecule has 0 aliphatic carbocycles. The fraction of sp³-hybridized carbons (Fsp3) is 0.222. The van der Waals surface area contributed by atoms with E-state index >= 15 is 0 Å². The van der Waals surface area contributed by atoms with E-state index in [0.29, 0.717) is 21.8 Å². The fourth-order valence-electron chi connectivity index (χ4n) is 1.24. The van der Waals surface area contributed by atoms with Crippen molar-refractivity contribution >= 4 is 34.2 Å². The van der Waals surface area contributed by atoms with Gasteiger partial charge in [-0.1, -0.05) is 0 Å². The molecule has 0 aliphatic rings. The second-order valence-electron chi connectivity index (χ2n) is 2.95. The molecule has 2 heterocycles. The van der Waals surface area contributed by atoms with E-state index in [-0.39, 0.29) is 5.56 Å². The molecule has 6 heteroatoms. The SMILES string of the molecule is N#CC(CS)c1nc2sccc2c(=O)[nH]1. The molecule has 1 atom stereocenters. The van der Waals surface area contributed by atoms with Crippen molar-refractivity contribution in [1.82, 2.24) is 9.97 Å². The van der Waals surface area contributed by atoms with E-state index in [2.05, 4.69) is 22.6 Å². The highest BCUT2D eigenvalue weighted by Gasteiger charge is 2.13. The van der Waals surface area contributed by atoms with Gasteiger partial charge < -0.3 is 4.98 Å². The van der Waals surface area contributed by atoms with Crippen LogP contribution in [0.3, 0.4) is 0 Å². The maximum atomic E-state index is 11.6. The smallest absolute Gasteiger partial charge is 0.259 e. The molecule has 1 N–H and O–H groups in total. The molecule has 2 rings (SSSR count). The number of thiophene rings is 1. The lowest BCUT2D eigenvalue weighted by Gasteiger charge is -2.03. The van der Waals surface area contributed by atoms with Crippen molar-refractivity contribution < 1.29 is 0 Å². The summed E-state index contributed by atoms with van der Waals surface area (Å²) in [5.41, 5.74) is -0.196. The Balaban J connectivity index is 2.64. The molecule has 2 aromatic rings. The van der Waals surface area contributed by atoms with Gasteiger partial charge in [-0.3, -0.25) is 4.79 Å². The van der Waals surface area contributed by atoms with Crippen LogP contribution in [0.15, 0.2) is 16.2 Å². The Morgan fingerprint density at radius 1 is 1.73 bits per heavy atom. The van der Waals surface area contributed by atoms with Gasteiger partial charge in [0.1, 0.15) is 16.6 Å². The summed E-state index contributed by atoms with van der Waals surface area (Å²) in [6.45, 7) is 0. The van der Waals surface area contributed by atoms with Crippen LogP contribution >= 0.6 is 24.0 Å². The minimum atomic E-state index is -0.465. The first kappa shape index (κ1) is 10.2. The summed E-state index contributed by atoms with van der Waals surface area (Å²) in [6.07, 6.45) is 0. The van der Waals surface area contributed by atoms with E-state index in [0.717, 1.165) is 0 Å². The fourth-order valence-corrected chi connectivity index (χ4v) is 2.26. The Bertz CT molecular complexity index is 581. The van der Waals surface area contributed by atoms with Crippen LogP contribution in [-0.2, 0) is 0 Å². The zero-order valence-electron chi connectivity index (χ0n) is 7.60. The average molecular weight is 237 g/mol. The summed E-state index contributed by atoms with van der Waals surface area (Å²) in [7, 11) is 0. The highest BCUT2D eigenvalue weighted by atomic mass is 32.1. The molecular weight excluding hydrogens is 230 g/mol. The van der Waals surface area contributed by atoms with Crippen molar-refractivity contribution in [3.05, 3.63) is 27.6 Å². The molecule has 0 aliphatic heterocycles. The number of rotatable bonds is 2. The molecular formula is C9H7N3OS2. The van der Waals surface area contributed by atoms with Crippen LogP contribution in [0.4, 0.5) is 0 Å². The van der Waals surface area contributed by atoms with Crippen LogP contribution in [0.1, 0.15) is 11.7 Å². The van der Waals surface area contributed by atoms with Crippen molar-refractivity contribution in [3.8, 4) is 6.07 Å². The van der Waals surface area contributed by atoms with Crippen LogP contribution in [0.5, 0.6) is 0 Å². The Hall–Kier alpha value is -1.32. The molecule has 0 aromatic carbocycles. The number of fused-ring (bicyclic) bond motifs is 1. The quantitative estimate of drug-likeness (QED) is 0.778. The summed E-state index contributed by atoms with van der Waals surface area (Å²) < 4.78 is 0. The van der Waals surface area contributed by atoms with Gasteiger partial charge >= 0.3 is 0 Å². The summed E-state index contributed by atoms with van der Waals surface area (Å²) in [6, 6.07) is 3.77. The van der Waals surface area contributed by atoms with Gasteiger partial charge in [-0.15, -0.1) is 11.3 Å². The second-order valence-corrected chi connectivity index (χ2v) is 4.21. The van der Waals surface area contributed by atoms with E-state index in [4.69, 9.17) is 5.26 Å². The van der Waals surface area contributed by atoms with Gasteiger partial charge in [0, 0.05) is 5.75 Å². The average Bonchev–Trinajstić information content (AvgIpc) is 2.68. The Kier molecular flexibility index (Phi) is 2.75. The summed E-state index contributed by atoms with van der Waals surface area (Å²) in [5, 5.41) is 11.2. The van der Waals surface area contributed by atoms with Gasteiger partial charge in [0.25, 0.3) is 5.56 Å². The number of aromatic amines is 1. The number of hydrogen-bond donors (Lipinski definition) is 2. The normalized spacial score (nSPS) is 12.5. The van der Waals surface area contributed by atoms with Gasteiger partial charge in [-0.2, -0.15) is 17.9 Å². The third-order valence-corrected chi connectivity index (χ3v) is 3.19. The maximum Gasteiger partial charge on any atom is 0.259 e. The Morgan fingerprint density at radius 3 is 3.20 bits per heavy atom. The number of hydrogen-bond acceptors (Lipinski definition) is 5. The first-order valence-corrected chi connectivity index (χ1v) is 5.75. The van der Waals surface area contributed by atoms with Crippen molar-refractivity contribution in [2.24, 2.45) is 0 Å². The number of H-pyrrole nitrogens is 1. The summed E-state index contributed by atoms with van der Waals surface area (Å²) in [4.78, 5) is 19.1. The maximum absolute atomic E-state index is 11.6. The van der Waals surface area contributed by atoms with Crippen LogP contribution < -0.4 is 5.56 Å². The Labute approximate surface area is 95.0 Å². The van der Waals surface area contributed by atoms with E-state index in [1.165, 1.54) is 11.3 Å². The van der Waals surface area contributed by atoms with Crippen molar-refractivity contribution in [2.75, 3.05) is 5.75 Å². The van der Waals surface area contributed by atoms with Crippen molar-refractivity contribution in [1.29, 1.82) is 5.26 Å². The van der Waals surface area contributed by atoms with Crippen LogP contribution in [0.25, 0.3) is 10.2 Å². The zero-order chi connectivity index (χ0) is 10.8. The van der Waals surface area contributed by atoms with Crippen LogP contribution in [0.2, 0.25) is 0 Å². The first-order valence-electron chi connectivity index (χ1n) is 4.24. The number of aromatic nitrogens is 2. The van der Waals surface area contributed by atoms with E-state index < -0.39 is 5.92 Å². The molecule has 15 heavy (non-hydrogen) atoms. The van der Waals surface area contributed by atoms with Gasteiger partial charge in [0.2, 0.25) is 0 Å². The topological polar surface area (TPSA) is 69.5 Å². The number of nitrogens with one attached hydrogen (secondary N) is 1. The predicted molar refractivity (Wildman–Crippen MR) is 62.4 cm³/mol. The lowest BCUT2D eigenvalue weighted by Crippen LogP contribution is -2.14. The number of nitriles is 1. The molecule has 2 aromatic heterocycles. The molecule has 0 fully saturated rings. The van der Waals surface area contributed by atoms with E-state index in [9.17, 15) is 4.79 Å². The summed E-state index contributed by atoms with van der Waals surface area (Å²) in [5.74, 6) is 0.274. The molecule has 0 saturated heterocycles. The van der Waals surface area contributed by atoms with Crippen LogP contribution in [0, 0.1) is 11.3 Å². The van der Waals surface area contributed by atoms with Gasteiger partial charge in [-0.25, -0.2) is 4.98 Å². The van der Waals surface area contributed by atoms with Gasteiger partial charge in [-0.05, 0) is 11.4 Å². The first-order chi connectivity index (χ1) is 7.26. The number of thiol groups is 1. The van der Waals surface area contributed by atoms with Crippen molar-refractivity contribution in [2.45, 2.75) is 5.92 Å². The second kappa shape index (κ2) is 4.04. The molecule has 1 unspecified atom stereocenters. The monoisotopic (exact) mass is 237 g/mol. The molecule has 0 saturated carbocycles. The third-order valence-electron chi connectivity index (χ3n) is 2.02. The zero-order valence-corrected chi connectivity index (χ0v) is 9.31. The Morgan fingerprint density at radius 2 is 2.53 bits per heavy atom. The van der Waals surface area contributed by atoms with E-state index in [1.54, 1.807) is 11.4 Å². The lowest BCUT2D eigenvalue weighted by molar-refractivity contribution is 0.871. The highest BCUT2D eigenvalue weighted by Crippen LogP contribution is 2.17. The third kappa shape index (κ3) is 1.76. The summed E-state index contributed by atoms with van der Waals surface area (Å²) >= 11 is 5.43. The molecule has 76 valence electrons. The molecule has 4 nitrogen and oxygen atoms in total. The standard InChI is InChI=1S/C9H7N3OS2/c10-3-5(4-14)7-11-8(13)6-1-2-15-9(6)12-7/h1-2,5,14H,4H2,(H,11,12,13). The molecule has 0 bridgehead atoms. The molecule has 0 radical (unpaired) electrons. The lowest BCUT2D eigenvalue weighted by atomic mass is 10.2. The molecule has 0 spiro atoms. The van der Waals surface area contributed by atoms with Gasteiger partial charge in [0.05, 0.1) is 11.5 Å². The minimum absolute atomic E-state index is 0.196. The largest absolute Gasteiger partial charge is 0.309 e. The van der Waals surface area contributed by atoms with Crippen LogP contribution in [-0.4, -0.2) is 15.7 Å². The van der Waals surface area contributed by atoms with E-state index in [1.807, 2.05) is 6.07 Å². The number of nitrogens with zero attached hydrogens (tertiary/aromatic N) is 2. The van der Waals surface area contributed by atoms with Gasteiger partial charge in [0.15, 0.2) is 0 Å². The van der Waals surface area contributed by atoms with Crippen molar-refractivity contribution in [3.63, 3.8) is 0 Å². The highest BCUT2D eigenvalue weighted by molar-refractivity contribution is 7.80. The minimum Gasteiger partial charge on any atom is -0.309 e. The molecule has 0 amide bonds. The predicted octanol–water partition coefficient (Wildman–Crippen LogP) is 1.52.